The number of halogens is 1. The molecule has 1 aliphatic rings. The highest BCUT2D eigenvalue weighted by Gasteiger charge is 2.42. The molecule has 2 aromatic carbocycles. The minimum Gasteiger partial charge on any atom is -0.446 e. The summed E-state index contributed by atoms with van der Waals surface area (Å²) in [5.74, 6) is -2.29. The van der Waals surface area contributed by atoms with Gasteiger partial charge in [-0.3, -0.25) is 4.79 Å². The Morgan fingerprint density at radius 3 is 2.60 bits per heavy atom. The van der Waals surface area contributed by atoms with E-state index in [4.69, 9.17) is 10.00 Å². The van der Waals surface area contributed by atoms with Crippen LogP contribution in [0, 0.1) is 17.1 Å². The number of nitrogens with zero attached hydrogens (tertiary/aromatic N) is 2. The highest BCUT2D eigenvalue weighted by Crippen LogP contribution is 2.33. The molecule has 0 N–H and O–H groups in total. The van der Waals surface area contributed by atoms with Crippen LogP contribution in [0.15, 0.2) is 54.6 Å². The van der Waals surface area contributed by atoms with Gasteiger partial charge in [-0.2, -0.15) is 5.26 Å². The van der Waals surface area contributed by atoms with Gasteiger partial charge >= 0.3 is 6.09 Å². The first-order valence-corrected chi connectivity index (χ1v) is 7.79. The Morgan fingerprint density at radius 2 is 1.92 bits per heavy atom. The van der Waals surface area contributed by atoms with Crippen LogP contribution in [0.1, 0.15) is 29.5 Å². The molecule has 0 saturated carbocycles. The van der Waals surface area contributed by atoms with E-state index in [-0.39, 0.29) is 18.6 Å². The molecular formula is C19H15FN2O3. The summed E-state index contributed by atoms with van der Waals surface area (Å²) >= 11 is 0. The molecule has 2 amide bonds. The van der Waals surface area contributed by atoms with Crippen molar-refractivity contribution in [2.45, 2.75) is 18.4 Å². The number of benzene rings is 2. The molecule has 0 radical (unpaired) electrons. The Labute approximate surface area is 144 Å². The van der Waals surface area contributed by atoms with E-state index in [1.54, 1.807) is 30.3 Å². The first-order chi connectivity index (χ1) is 12.1. The van der Waals surface area contributed by atoms with E-state index in [1.807, 2.05) is 12.1 Å². The van der Waals surface area contributed by atoms with Crippen LogP contribution in [0.3, 0.4) is 0 Å². The molecule has 3 rings (SSSR count). The number of imide groups is 1. The molecule has 126 valence electrons. The van der Waals surface area contributed by atoms with E-state index in [0.717, 1.165) is 10.5 Å². The van der Waals surface area contributed by atoms with E-state index in [2.05, 4.69) is 0 Å². The van der Waals surface area contributed by atoms with Gasteiger partial charge in [-0.25, -0.2) is 14.1 Å². The standard InChI is InChI=1S/C19H15FN2O3/c20-16-9-5-4-8-14(16)15(10-11-21)18(23)22-17(12-25-19(22)24)13-6-2-1-3-7-13/h1-9,15,17H,10,12H2. The molecule has 25 heavy (non-hydrogen) atoms. The average molecular weight is 338 g/mol. The summed E-state index contributed by atoms with van der Waals surface area (Å²) in [5, 5.41) is 9.07. The number of hydrogen-bond donors (Lipinski definition) is 0. The number of carbonyl (C=O) groups is 2. The molecule has 2 unspecified atom stereocenters. The Kier molecular flexibility index (Phi) is 4.75. The number of hydrogen-bond acceptors (Lipinski definition) is 4. The van der Waals surface area contributed by atoms with Crippen LogP contribution in [0.25, 0.3) is 0 Å². The number of cyclic esters (lactones) is 1. The lowest BCUT2D eigenvalue weighted by molar-refractivity contribution is -0.130. The second-order valence-corrected chi connectivity index (χ2v) is 5.65. The van der Waals surface area contributed by atoms with Crippen LogP contribution in [0.4, 0.5) is 9.18 Å². The van der Waals surface area contributed by atoms with Gasteiger partial charge in [0.15, 0.2) is 0 Å². The zero-order chi connectivity index (χ0) is 17.8. The van der Waals surface area contributed by atoms with Crippen molar-refractivity contribution in [3.05, 3.63) is 71.5 Å². The van der Waals surface area contributed by atoms with Crippen molar-refractivity contribution in [3.63, 3.8) is 0 Å². The molecule has 1 saturated heterocycles. The van der Waals surface area contributed by atoms with Crippen LogP contribution in [0.2, 0.25) is 0 Å². The lowest BCUT2D eigenvalue weighted by Crippen LogP contribution is -2.38. The summed E-state index contributed by atoms with van der Waals surface area (Å²) in [6, 6.07) is 16.1. The highest BCUT2D eigenvalue weighted by molar-refractivity contribution is 5.97. The summed E-state index contributed by atoms with van der Waals surface area (Å²) < 4.78 is 19.2. The first kappa shape index (κ1) is 16.7. The van der Waals surface area contributed by atoms with Crippen LogP contribution in [-0.4, -0.2) is 23.5 Å². The van der Waals surface area contributed by atoms with E-state index >= 15 is 0 Å². The molecule has 1 aliphatic heterocycles. The predicted octanol–water partition coefficient (Wildman–Crippen LogP) is 3.54. The van der Waals surface area contributed by atoms with E-state index < -0.39 is 29.8 Å². The van der Waals surface area contributed by atoms with Gasteiger partial charge in [0.2, 0.25) is 5.91 Å². The fraction of sp³-hybridized carbons (Fsp3) is 0.211. The largest absolute Gasteiger partial charge is 0.446 e. The Bertz CT molecular complexity index is 832. The Morgan fingerprint density at radius 1 is 1.24 bits per heavy atom. The lowest BCUT2D eigenvalue weighted by Gasteiger charge is -2.24. The normalized spacial score (nSPS) is 17.7. The molecule has 5 nitrogen and oxygen atoms in total. The van der Waals surface area contributed by atoms with E-state index in [0.29, 0.717) is 0 Å². The summed E-state index contributed by atoms with van der Waals surface area (Å²) in [6.07, 6.45) is -1.01. The van der Waals surface area contributed by atoms with Crippen molar-refractivity contribution in [1.82, 2.24) is 4.90 Å². The SMILES string of the molecule is N#CCC(C(=O)N1C(=O)OCC1c1ccccc1)c1ccccc1F. The van der Waals surface area contributed by atoms with Crippen molar-refractivity contribution >= 4 is 12.0 Å². The summed E-state index contributed by atoms with van der Waals surface area (Å²) in [5.41, 5.74) is 0.839. The average Bonchev–Trinajstić information content (AvgIpc) is 3.02. The maximum Gasteiger partial charge on any atom is 0.417 e. The third-order valence-corrected chi connectivity index (χ3v) is 4.17. The van der Waals surface area contributed by atoms with E-state index in [1.165, 1.54) is 18.2 Å². The third-order valence-electron chi connectivity index (χ3n) is 4.17. The van der Waals surface area contributed by atoms with Crippen molar-refractivity contribution in [1.29, 1.82) is 5.26 Å². The third kappa shape index (κ3) is 3.22. The van der Waals surface area contributed by atoms with Gasteiger partial charge in [-0.05, 0) is 11.6 Å². The van der Waals surface area contributed by atoms with Crippen molar-refractivity contribution in [2.75, 3.05) is 6.61 Å². The van der Waals surface area contributed by atoms with Crippen LogP contribution < -0.4 is 0 Å². The number of rotatable bonds is 4. The molecule has 1 heterocycles. The quantitative estimate of drug-likeness (QED) is 0.855. The fourth-order valence-corrected chi connectivity index (χ4v) is 2.93. The van der Waals surface area contributed by atoms with Crippen molar-refractivity contribution in [3.8, 4) is 6.07 Å². The summed E-state index contributed by atoms with van der Waals surface area (Å²) in [4.78, 5) is 26.1. The Hall–Kier alpha value is -3.20. The minimum atomic E-state index is -1.07. The topological polar surface area (TPSA) is 70.4 Å². The number of ether oxygens (including phenoxy) is 1. The zero-order valence-electron chi connectivity index (χ0n) is 13.3. The van der Waals surface area contributed by atoms with Crippen molar-refractivity contribution in [2.24, 2.45) is 0 Å². The van der Waals surface area contributed by atoms with Gasteiger partial charge in [0.1, 0.15) is 18.5 Å². The summed E-state index contributed by atoms with van der Waals surface area (Å²) in [6.45, 7) is 0.0329. The molecule has 0 spiro atoms. The first-order valence-electron chi connectivity index (χ1n) is 7.79. The summed E-state index contributed by atoms with van der Waals surface area (Å²) in [7, 11) is 0. The van der Waals surface area contributed by atoms with Gasteiger partial charge in [0.05, 0.1) is 18.4 Å². The maximum atomic E-state index is 14.1. The van der Waals surface area contributed by atoms with Crippen molar-refractivity contribution < 1.29 is 18.7 Å². The fourth-order valence-electron chi connectivity index (χ4n) is 2.93. The van der Waals surface area contributed by atoms with Crippen LogP contribution >= 0.6 is 0 Å². The van der Waals surface area contributed by atoms with Gasteiger partial charge in [0, 0.05) is 5.56 Å². The monoisotopic (exact) mass is 338 g/mol. The minimum absolute atomic E-state index is 0.0329. The van der Waals surface area contributed by atoms with E-state index in [9.17, 15) is 14.0 Å². The van der Waals surface area contributed by atoms with Gasteiger partial charge in [-0.15, -0.1) is 0 Å². The molecule has 0 aromatic heterocycles. The number of nitriles is 1. The predicted molar refractivity (Wildman–Crippen MR) is 86.7 cm³/mol. The smallest absolute Gasteiger partial charge is 0.417 e. The molecule has 6 heteroatoms. The molecular weight excluding hydrogens is 323 g/mol. The number of carbonyl (C=O) groups excluding carboxylic acids is 2. The second-order valence-electron chi connectivity index (χ2n) is 5.65. The van der Waals surface area contributed by atoms with Gasteiger partial charge in [-0.1, -0.05) is 48.5 Å². The highest BCUT2D eigenvalue weighted by atomic mass is 19.1. The second kappa shape index (κ2) is 7.14. The lowest BCUT2D eigenvalue weighted by atomic mass is 9.93. The number of amides is 2. The van der Waals surface area contributed by atoms with Crippen LogP contribution in [-0.2, 0) is 9.53 Å². The van der Waals surface area contributed by atoms with Gasteiger partial charge in [0.25, 0.3) is 0 Å². The molecule has 0 aliphatic carbocycles. The van der Waals surface area contributed by atoms with Crippen LogP contribution in [0.5, 0.6) is 0 Å². The maximum absolute atomic E-state index is 14.1. The zero-order valence-corrected chi connectivity index (χ0v) is 13.3. The Balaban J connectivity index is 1.97. The molecule has 0 bridgehead atoms. The molecule has 2 aromatic rings. The molecule has 1 fully saturated rings. The van der Waals surface area contributed by atoms with Gasteiger partial charge < -0.3 is 4.74 Å². The molecule has 2 atom stereocenters.